The molecular weight excluding hydrogens is 386 g/mol. The van der Waals surface area contributed by atoms with Crippen molar-refractivity contribution in [2.45, 2.75) is 64.5 Å². The molecule has 31 heavy (non-hydrogen) atoms. The number of nitrogens with one attached hydrogen (secondary N) is 1. The molecule has 2 fully saturated rings. The van der Waals surface area contributed by atoms with E-state index >= 15 is 0 Å². The summed E-state index contributed by atoms with van der Waals surface area (Å²) in [6.45, 7) is 6.33. The monoisotopic (exact) mass is 417 g/mol. The van der Waals surface area contributed by atoms with Crippen molar-refractivity contribution >= 4 is 28.3 Å². The van der Waals surface area contributed by atoms with E-state index in [1.807, 2.05) is 6.92 Å². The first kappa shape index (κ1) is 19.3. The maximum Gasteiger partial charge on any atom is 0.268 e. The quantitative estimate of drug-likeness (QED) is 0.798. The summed E-state index contributed by atoms with van der Waals surface area (Å²) in [4.78, 5) is 28.8. The minimum Gasteiger partial charge on any atom is -0.341 e. The van der Waals surface area contributed by atoms with Crippen LogP contribution in [0.5, 0.6) is 0 Å². The number of piperidine rings is 1. The highest BCUT2D eigenvalue weighted by atomic mass is 16.2. The third-order valence-corrected chi connectivity index (χ3v) is 8.24. The second-order valence-corrected chi connectivity index (χ2v) is 10.00. The van der Waals surface area contributed by atoms with Crippen LogP contribution in [0.1, 0.15) is 63.3 Å². The maximum atomic E-state index is 13.6. The van der Waals surface area contributed by atoms with Gasteiger partial charge in [-0.3, -0.25) is 14.5 Å². The number of para-hydroxylation sites is 1. The number of rotatable bonds is 5. The number of Topliss-reactive ketones (excluding diaryl/α,β-unsaturated/α-hetero) is 1. The molecule has 5 nitrogen and oxygen atoms in total. The highest BCUT2D eigenvalue weighted by Gasteiger charge is 2.51. The second kappa shape index (κ2) is 6.80. The van der Waals surface area contributed by atoms with Crippen LogP contribution >= 0.6 is 0 Å². The van der Waals surface area contributed by atoms with Gasteiger partial charge < -0.3 is 9.88 Å². The maximum absolute atomic E-state index is 13.6. The molecule has 1 aromatic heterocycles. The Balaban J connectivity index is 1.51. The molecule has 162 valence electrons. The first-order valence-electron chi connectivity index (χ1n) is 12.0. The van der Waals surface area contributed by atoms with Gasteiger partial charge in [0.2, 0.25) is 0 Å². The van der Waals surface area contributed by atoms with Gasteiger partial charge in [0, 0.05) is 29.0 Å². The highest BCUT2D eigenvalue weighted by Crippen LogP contribution is 2.56. The molecule has 1 amide bonds. The van der Waals surface area contributed by atoms with Crippen LogP contribution in [0, 0.1) is 11.3 Å². The van der Waals surface area contributed by atoms with Crippen LogP contribution in [-0.2, 0) is 16.0 Å². The highest BCUT2D eigenvalue weighted by molar-refractivity contribution is 6.17. The van der Waals surface area contributed by atoms with Crippen molar-refractivity contribution in [1.82, 2.24) is 14.8 Å². The van der Waals surface area contributed by atoms with Gasteiger partial charge in [0.15, 0.2) is 5.78 Å². The van der Waals surface area contributed by atoms with Crippen molar-refractivity contribution in [2.75, 3.05) is 13.1 Å². The summed E-state index contributed by atoms with van der Waals surface area (Å²) < 4.78 is 2.23. The SMILES string of the molecule is CC[C@@]12C=C(C(=O)NC(C)C(=O)C3CC3)n3c4c(c5ccccc53)CCN(CCC1)[C@H]42. The molecule has 4 heterocycles. The minimum atomic E-state index is -0.434. The Morgan fingerprint density at radius 2 is 2.03 bits per heavy atom. The lowest BCUT2D eigenvalue weighted by Gasteiger charge is -2.53. The van der Waals surface area contributed by atoms with Crippen LogP contribution in [0.2, 0.25) is 0 Å². The topological polar surface area (TPSA) is 54.3 Å². The van der Waals surface area contributed by atoms with Crippen LogP contribution < -0.4 is 5.32 Å². The van der Waals surface area contributed by atoms with E-state index < -0.39 is 6.04 Å². The Bertz CT molecular complexity index is 1130. The molecule has 2 aromatic rings. The zero-order chi connectivity index (χ0) is 21.3. The second-order valence-electron chi connectivity index (χ2n) is 10.00. The number of ketones is 1. The van der Waals surface area contributed by atoms with Gasteiger partial charge >= 0.3 is 0 Å². The first-order chi connectivity index (χ1) is 15.0. The molecule has 6 rings (SSSR count). The number of fused-ring (bicyclic) bond motifs is 3. The molecule has 5 heteroatoms. The average Bonchev–Trinajstić information content (AvgIpc) is 3.59. The Kier molecular flexibility index (Phi) is 4.23. The van der Waals surface area contributed by atoms with Crippen LogP contribution in [-0.4, -0.2) is 40.3 Å². The first-order valence-corrected chi connectivity index (χ1v) is 12.0. The molecule has 1 saturated carbocycles. The van der Waals surface area contributed by atoms with Crippen molar-refractivity contribution in [3.63, 3.8) is 0 Å². The van der Waals surface area contributed by atoms with Gasteiger partial charge in [-0.05, 0) is 69.7 Å². The van der Waals surface area contributed by atoms with Gasteiger partial charge in [-0.1, -0.05) is 25.1 Å². The normalized spacial score (nSPS) is 28.1. The largest absolute Gasteiger partial charge is 0.341 e. The molecule has 0 bridgehead atoms. The average molecular weight is 418 g/mol. The third kappa shape index (κ3) is 2.72. The summed E-state index contributed by atoms with van der Waals surface area (Å²) in [5.41, 5.74) is 4.55. The Morgan fingerprint density at radius 3 is 2.81 bits per heavy atom. The Hall–Kier alpha value is -2.40. The van der Waals surface area contributed by atoms with E-state index in [-0.39, 0.29) is 23.0 Å². The number of hydrogen-bond acceptors (Lipinski definition) is 3. The molecule has 1 unspecified atom stereocenters. The predicted molar refractivity (Wildman–Crippen MR) is 122 cm³/mol. The fourth-order valence-electron chi connectivity index (χ4n) is 6.51. The van der Waals surface area contributed by atoms with Gasteiger partial charge in [0.1, 0.15) is 5.70 Å². The molecule has 1 N–H and O–H groups in total. The summed E-state index contributed by atoms with van der Waals surface area (Å²) in [6, 6.07) is 8.41. The Morgan fingerprint density at radius 1 is 1.23 bits per heavy atom. The van der Waals surface area contributed by atoms with E-state index in [2.05, 4.69) is 52.0 Å². The van der Waals surface area contributed by atoms with E-state index in [0.717, 1.165) is 56.4 Å². The number of carbonyl (C=O) groups excluding carboxylic acids is 2. The summed E-state index contributed by atoms with van der Waals surface area (Å²) in [7, 11) is 0. The Labute approximate surface area is 183 Å². The van der Waals surface area contributed by atoms with Crippen molar-refractivity contribution in [2.24, 2.45) is 11.3 Å². The van der Waals surface area contributed by atoms with Gasteiger partial charge in [-0.25, -0.2) is 0 Å². The minimum absolute atomic E-state index is 0.0196. The smallest absolute Gasteiger partial charge is 0.268 e. The number of amides is 1. The molecule has 0 spiro atoms. The fourth-order valence-corrected chi connectivity index (χ4v) is 6.51. The van der Waals surface area contributed by atoms with Crippen molar-refractivity contribution in [3.05, 3.63) is 41.6 Å². The molecule has 3 aliphatic heterocycles. The number of aromatic nitrogens is 1. The number of hydrogen-bond donors (Lipinski definition) is 1. The van der Waals surface area contributed by atoms with Crippen molar-refractivity contribution < 1.29 is 9.59 Å². The molecule has 1 aliphatic carbocycles. The predicted octanol–water partition coefficient (Wildman–Crippen LogP) is 4.07. The summed E-state index contributed by atoms with van der Waals surface area (Å²) in [6.07, 6.45) is 8.53. The lowest BCUT2D eigenvalue weighted by molar-refractivity contribution is -0.125. The van der Waals surface area contributed by atoms with E-state index in [9.17, 15) is 9.59 Å². The third-order valence-electron chi connectivity index (χ3n) is 8.24. The van der Waals surface area contributed by atoms with E-state index in [1.54, 1.807) is 0 Å². The van der Waals surface area contributed by atoms with E-state index in [4.69, 9.17) is 0 Å². The van der Waals surface area contributed by atoms with Crippen molar-refractivity contribution in [3.8, 4) is 0 Å². The number of carbonyl (C=O) groups is 2. The zero-order valence-electron chi connectivity index (χ0n) is 18.5. The van der Waals surface area contributed by atoms with Gasteiger partial charge in [-0.15, -0.1) is 0 Å². The van der Waals surface area contributed by atoms with E-state index in [1.165, 1.54) is 23.1 Å². The van der Waals surface area contributed by atoms with Gasteiger partial charge in [-0.2, -0.15) is 0 Å². The van der Waals surface area contributed by atoms with Crippen LogP contribution in [0.4, 0.5) is 0 Å². The number of nitrogens with zero attached hydrogens (tertiary/aromatic N) is 2. The zero-order valence-corrected chi connectivity index (χ0v) is 18.5. The molecule has 1 aromatic carbocycles. The fraction of sp³-hybridized carbons (Fsp3) is 0.538. The summed E-state index contributed by atoms with van der Waals surface area (Å²) in [5, 5.41) is 4.33. The number of benzene rings is 1. The van der Waals surface area contributed by atoms with Crippen molar-refractivity contribution in [1.29, 1.82) is 0 Å². The molecule has 4 aliphatic rings. The lowest BCUT2D eigenvalue weighted by atomic mass is 9.66. The molecular formula is C26H31N3O2. The summed E-state index contributed by atoms with van der Waals surface area (Å²) in [5.74, 6) is 0.212. The van der Waals surface area contributed by atoms with Gasteiger partial charge in [0.05, 0.1) is 17.6 Å². The van der Waals surface area contributed by atoms with Crippen LogP contribution in [0.15, 0.2) is 30.3 Å². The standard InChI is InChI=1S/C26H31N3O2/c1-3-26-12-6-13-28-14-11-19-18-7-4-5-8-20(18)29(22(19)24(26)28)21(15-26)25(31)27-16(2)23(30)17-9-10-17/h4-5,7-8,15-17,24H,3,6,9-14H2,1-2H3,(H,27,31)/t16?,24-,26+/m1/s1. The van der Waals surface area contributed by atoms with Crippen LogP contribution in [0.3, 0.4) is 0 Å². The molecule has 1 saturated heterocycles. The van der Waals surface area contributed by atoms with E-state index in [0.29, 0.717) is 6.04 Å². The van der Waals surface area contributed by atoms with Gasteiger partial charge in [0.25, 0.3) is 5.91 Å². The molecule has 3 atom stereocenters. The molecule has 0 radical (unpaired) electrons. The summed E-state index contributed by atoms with van der Waals surface area (Å²) >= 11 is 0. The van der Waals surface area contributed by atoms with Crippen LogP contribution in [0.25, 0.3) is 16.6 Å². The lowest BCUT2D eigenvalue weighted by Crippen LogP contribution is -2.51.